The average molecular weight is 344 g/mol. The fraction of sp³-hybridized carbons (Fsp3) is 0.278. The predicted octanol–water partition coefficient (Wildman–Crippen LogP) is 2.25. The topological polar surface area (TPSA) is 98.1 Å². The molecule has 2 aromatic rings. The van der Waals surface area contributed by atoms with Gasteiger partial charge in [0.15, 0.2) is 6.04 Å². The number of nitro benzene ring substituents is 1. The Morgan fingerprint density at radius 2 is 1.88 bits per heavy atom. The van der Waals surface area contributed by atoms with E-state index in [0.29, 0.717) is 5.69 Å². The second-order valence-corrected chi connectivity index (χ2v) is 5.81. The van der Waals surface area contributed by atoms with Gasteiger partial charge in [-0.1, -0.05) is 30.3 Å². The molecule has 0 aliphatic rings. The van der Waals surface area contributed by atoms with Crippen LogP contribution in [0.5, 0.6) is 5.75 Å². The van der Waals surface area contributed by atoms with Crippen molar-refractivity contribution in [3.8, 4) is 5.75 Å². The lowest BCUT2D eigenvalue weighted by Crippen LogP contribution is -2.91. The number of nitrogens with zero attached hydrogens (tertiary/aromatic N) is 1. The molecule has 0 fully saturated rings. The summed E-state index contributed by atoms with van der Waals surface area (Å²) in [4.78, 5) is 22.8. The number of ether oxygens (including phenoxy) is 1. The van der Waals surface area contributed by atoms with Crippen LogP contribution in [0, 0.1) is 10.1 Å². The number of quaternary nitrogens is 1. The van der Waals surface area contributed by atoms with Gasteiger partial charge in [0, 0.05) is 11.6 Å². The van der Waals surface area contributed by atoms with Crippen LogP contribution in [-0.4, -0.2) is 24.0 Å². The highest BCUT2D eigenvalue weighted by atomic mass is 16.6. The fourth-order valence-electron chi connectivity index (χ4n) is 2.53. The number of rotatable bonds is 7. The summed E-state index contributed by atoms with van der Waals surface area (Å²) >= 11 is 0. The number of amides is 1. The third-order valence-electron chi connectivity index (χ3n) is 3.97. The van der Waals surface area contributed by atoms with Crippen molar-refractivity contribution >= 4 is 17.3 Å². The smallest absolute Gasteiger partial charge is 0.282 e. The second-order valence-electron chi connectivity index (χ2n) is 5.81. The number of methoxy groups -OCH3 is 1. The molecule has 3 N–H and O–H groups in total. The lowest BCUT2D eigenvalue weighted by molar-refractivity contribution is -0.709. The second kappa shape index (κ2) is 8.25. The van der Waals surface area contributed by atoms with Crippen LogP contribution < -0.4 is 15.4 Å². The van der Waals surface area contributed by atoms with Crippen LogP contribution in [0.2, 0.25) is 0 Å². The molecule has 132 valence electrons. The quantitative estimate of drug-likeness (QED) is 0.594. The number of carbonyl (C=O) groups is 1. The molecule has 1 amide bonds. The minimum absolute atomic E-state index is 0.0906. The van der Waals surface area contributed by atoms with Gasteiger partial charge in [-0.05, 0) is 19.9 Å². The van der Waals surface area contributed by atoms with Crippen molar-refractivity contribution in [2.75, 3.05) is 12.4 Å². The molecule has 0 heterocycles. The van der Waals surface area contributed by atoms with Gasteiger partial charge in [-0.15, -0.1) is 0 Å². The van der Waals surface area contributed by atoms with Gasteiger partial charge < -0.3 is 15.4 Å². The van der Waals surface area contributed by atoms with Gasteiger partial charge in [-0.3, -0.25) is 14.9 Å². The summed E-state index contributed by atoms with van der Waals surface area (Å²) < 4.78 is 5.14. The molecule has 0 aromatic heterocycles. The van der Waals surface area contributed by atoms with Gasteiger partial charge >= 0.3 is 0 Å². The van der Waals surface area contributed by atoms with Gasteiger partial charge in [0.2, 0.25) is 0 Å². The molecule has 0 bridgehead atoms. The van der Waals surface area contributed by atoms with Crippen LogP contribution in [-0.2, 0) is 4.79 Å². The Morgan fingerprint density at radius 3 is 2.48 bits per heavy atom. The van der Waals surface area contributed by atoms with Crippen molar-refractivity contribution in [1.82, 2.24) is 0 Å². The highest BCUT2D eigenvalue weighted by molar-refractivity contribution is 5.95. The third kappa shape index (κ3) is 4.77. The van der Waals surface area contributed by atoms with Gasteiger partial charge in [0.05, 0.1) is 23.8 Å². The molecule has 0 radical (unpaired) electrons. The summed E-state index contributed by atoms with van der Waals surface area (Å²) in [5.74, 6) is 0.0563. The van der Waals surface area contributed by atoms with Crippen molar-refractivity contribution in [1.29, 1.82) is 0 Å². The fourth-order valence-corrected chi connectivity index (χ4v) is 2.53. The zero-order valence-corrected chi connectivity index (χ0v) is 14.4. The van der Waals surface area contributed by atoms with E-state index in [0.717, 1.165) is 5.56 Å². The van der Waals surface area contributed by atoms with Crippen molar-refractivity contribution in [2.24, 2.45) is 0 Å². The Labute approximate surface area is 146 Å². The van der Waals surface area contributed by atoms with E-state index in [9.17, 15) is 14.9 Å². The number of hydrogen-bond donors (Lipinski definition) is 2. The number of carbonyl (C=O) groups excluding carboxylic acids is 1. The Bertz CT molecular complexity index is 749. The van der Waals surface area contributed by atoms with E-state index in [4.69, 9.17) is 4.74 Å². The average Bonchev–Trinajstić information content (AvgIpc) is 2.62. The monoisotopic (exact) mass is 344 g/mol. The molecule has 0 aliphatic carbocycles. The number of benzene rings is 2. The first-order valence-electron chi connectivity index (χ1n) is 7.95. The molecule has 0 saturated carbocycles. The van der Waals surface area contributed by atoms with Crippen LogP contribution in [0.25, 0.3) is 0 Å². The van der Waals surface area contributed by atoms with Gasteiger partial charge in [-0.2, -0.15) is 0 Å². The number of anilines is 1. The van der Waals surface area contributed by atoms with E-state index in [1.807, 2.05) is 49.5 Å². The highest BCUT2D eigenvalue weighted by Gasteiger charge is 2.22. The number of hydrogen-bond acceptors (Lipinski definition) is 4. The van der Waals surface area contributed by atoms with E-state index < -0.39 is 4.92 Å². The summed E-state index contributed by atoms with van der Waals surface area (Å²) in [7, 11) is 1.40. The molecule has 0 aliphatic heterocycles. The van der Waals surface area contributed by atoms with Crippen LogP contribution >= 0.6 is 0 Å². The van der Waals surface area contributed by atoms with Crippen LogP contribution in [0.15, 0.2) is 48.5 Å². The van der Waals surface area contributed by atoms with E-state index in [2.05, 4.69) is 5.32 Å². The van der Waals surface area contributed by atoms with E-state index in [1.54, 1.807) is 0 Å². The molecule has 2 rings (SSSR count). The standard InChI is InChI=1S/C18H21N3O4/c1-12(14-7-5-4-6-8-14)19-13(2)18(22)20-16-10-9-15(21(23)24)11-17(16)25-3/h4-13,19H,1-3H3,(H,20,22)/p+1/t12-,13+/m0/s1. The summed E-state index contributed by atoms with van der Waals surface area (Å²) in [5.41, 5.74) is 1.45. The minimum Gasteiger partial charge on any atom is -0.494 e. The Balaban J connectivity index is 2.04. The summed E-state index contributed by atoms with van der Waals surface area (Å²) in [6, 6.07) is 13.8. The normalized spacial score (nSPS) is 12.9. The zero-order valence-electron chi connectivity index (χ0n) is 14.4. The SMILES string of the molecule is COc1cc([N+](=O)[O-])ccc1NC(=O)[C@@H](C)[NH2+][C@@H](C)c1ccccc1. The first kappa shape index (κ1) is 18.4. The maximum Gasteiger partial charge on any atom is 0.282 e. The maximum absolute atomic E-state index is 12.4. The van der Waals surface area contributed by atoms with E-state index in [1.165, 1.54) is 25.3 Å². The first-order chi connectivity index (χ1) is 11.9. The summed E-state index contributed by atoms with van der Waals surface area (Å²) in [6.07, 6.45) is 0. The lowest BCUT2D eigenvalue weighted by Gasteiger charge is -2.17. The molecule has 25 heavy (non-hydrogen) atoms. The molecule has 0 spiro atoms. The Morgan fingerprint density at radius 1 is 1.20 bits per heavy atom. The van der Waals surface area contributed by atoms with Crippen molar-refractivity contribution in [3.05, 3.63) is 64.2 Å². The Kier molecular flexibility index (Phi) is 6.08. The third-order valence-corrected chi connectivity index (χ3v) is 3.97. The molecule has 0 unspecified atom stereocenters. The van der Waals surface area contributed by atoms with Crippen molar-refractivity contribution < 1.29 is 19.8 Å². The molecule has 2 aromatic carbocycles. The summed E-state index contributed by atoms with van der Waals surface area (Å²) in [5, 5.41) is 15.6. The van der Waals surface area contributed by atoms with Gasteiger partial charge in [-0.25, -0.2) is 0 Å². The van der Waals surface area contributed by atoms with Gasteiger partial charge in [0.1, 0.15) is 11.8 Å². The molecule has 0 saturated heterocycles. The van der Waals surface area contributed by atoms with Crippen LogP contribution in [0.4, 0.5) is 11.4 Å². The zero-order chi connectivity index (χ0) is 18.4. The number of nitrogens with two attached hydrogens (primary N) is 1. The van der Waals surface area contributed by atoms with Gasteiger partial charge in [0.25, 0.3) is 11.6 Å². The van der Waals surface area contributed by atoms with Crippen LogP contribution in [0.3, 0.4) is 0 Å². The molecule has 2 atom stereocenters. The number of nitrogens with one attached hydrogen (secondary N) is 1. The number of non-ortho nitro benzene ring substituents is 1. The lowest BCUT2D eigenvalue weighted by atomic mass is 10.1. The number of nitro groups is 1. The minimum atomic E-state index is -0.508. The summed E-state index contributed by atoms with van der Waals surface area (Å²) in [6.45, 7) is 3.85. The van der Waals surface area contributed by atoms with E-state index >= 15 is 0 Å². The maximum atomic E-state index is 12.4. The highest BCUT2D eigenvalue weighted by Crippen LogP contribution is 2.28. The van der Waals surface area contributed by atoms with Crippen molar-refractivity contribution in [3.63, 3.8) is 0 Å². The molecular weight excluding hydrogens is 322 g/mol. The Hall–Kier alpha value is -2.93. The molecule has 7 nitrogen and oxygen atoms in total. The van der Waals surface area contributed by atoms with Crippen LogP contribution in [0.1, 0.15) is 25.5 Å². The van der Waals surface area contributed by atoms with E-state index in [-0.39, 0.29) is 29.4 Å². The molecular formula is C18H22N3O4+. The largest absolute Gasteiger partial charge is 0.494 e. The first-order valence-corrected chi connectivity index (χ1v) is 7.95. The molecule has 7 heteroatoms. The predicted molar refractivity (Wildman–Crippen MR) is 94.5 cm³/mol. The van der Waals surface area contributed by atoms with Crippen molar-refractivity contribution in [2.45, 2.75) is 25.9 Å².